The summed E-state index contributed by atoms with van der Waals surface area (Å²) in [4.78, 5) is 31.3. The fourth-order valence-electron chi connectivity index (χ4n) is 3.42. The molecule has 0 aliphatic carbocycles. The highest BCUT2D eigenvalue weighted by Crippen LogP contribution is 2.25. The lowest BCUT2D eigenvalue weighted by Crippen LogP contribution is -2.42. The number of aromatic nitrogens is 4. The first-order chi connectivity index (χ1) is 12.2. The summed E-state index contributed by atoms with van der Waals surface area (Å²) >= 11 is 0. The van der Waals surface area contributed by atoms with Gasteiger partial charge in [0.1, 0.15) is 6.54 Å². The number of piperidine rings is 1. The summed E-state index contributed by atoms with van der Waals surface area (Å²) in [6.07, 6.45) is 5.17. The van der Waals surface area contributed by atoms with E-state index in [4.69, 9.17) is 0 Å². The topological polar surface area (TPSA) is 83.9 Å². The molecule has 1 unspecified atom stereocenters. The molecule has 7 heteroatoms. The lowest BCUT2D eigenvalue weighted by Gasteiger charge is -2.32. The number of nitrogens with zero attached hydrogens (tertiary/aromatic N) is 4. The molecule has 1 amide bonds. The van der Waals surface area contributed by atoms with Gasteiger partial charge in [-0.25, -0.2) is 4.98 Å². The standard InChI is InChI=1S/C18H19N5O2/c24-17(22-9-3-4-13(10-22)15-7-8-20-21-15)11-23-12-19-16-6-2-1-5-14(16)18(23)25/h1-2,5-8,12-13H,3-4,9-11H2,(H,20,21). The molecule has 3 heterocycles. The van der Waals surface area contributed by atoms with E-state index in [1.807, 2.05) is 17.0 Å². The van der Waals surface area contributed by atoms with E-state index in [1.165, 1.54) is 10.9 Å². The van der Waals surface area contributed by atoms with Crippen molar-refractivity contribution in [2.24, 2.45) is 0 Å². The van der Waals surface area contributed by atoms with Gasteiger partial charge in [0.2, 0.25) is 5.91 Å². The van der Waals surface area contributed by atoms with Crippen molar-refractivity contribution in [3.8, 4) is 0 Å². The fourth-order valence-corrected chi connectivity index (χ4v) is 3.42. The monoisotopic (exact) mass is 337 g/mol. The Bertz CT molecular complexity index is 948. The van der Waals surface area contributed by atoms with Gasteiger partial charge in [-0.1, -0.05) is 12.1 Å². The molecule has 2 aromatic heterocycles. The molecule has 1 atom stereocenters. The van der Waals surface area contributed by atoms with Crippen LogP contribution in [0.1, 0.15) is 24.5 Å². The smallest absolute Gasteiger partial charge is 0.261 e. The van der Waals surface area contributed by atoms with Crippen molar-refractivity contribution in [1.29, 1.82) is 0 Å². The molecule has 3 aromatic rings. The number of carbonyl (C=O) groups excluding carboxylic acids is 1. The second-order valence-electron chi connectivity index (χ2n) is 6.39. The summed E-state index contributed by atoms with van der Waals surface area (Å²) < 4.78 is 1.39. The highest BCUT2D eigenvalue weighted by Gasteiger charge is 2.25. The van der Waals surface area contributed by atoms with Crippen LogP contribution in [-0.2, 0) is 11.3 Å². The van der Waals surface area contributed by atoms with E-state index in [9.17, 15) is 9.59 Å². The summed E-state index contributed by atoms with van der Waals surface area (Å²) in [6, 6.07) is 9.13. The van der Waals surface area contributed by atoms with Gasteiger partial charge in [0, 0.05) is 30.9 Å². The fraction of sp³-hybridized carbons (Fsp3) is 0.333. The molecular formula is C18H19N5O2. The van der Waals surface area contributed by atoms with Crippen LogP contribution in [0.25, 0.3) is 10.9 Å². The molecule has 1 N–H and O–H groups in total. The number of amides is 1. The van der Waals surface area contributed by atoms with Gasteiger partial charge in [0.05, 0.1) is 17.2 Å². The van der Waals surface area contributed by atoms with Crippen LogP contribution in [0.3, 0.4) is 0 Å². The van der Waals surface area contributed by atoms with E-state index in [-0.39, 0.29) is 23.9 Å². The lowest BCUT2D eigenvalue weighted by atomic mass is 9.95. The number of aromatic amines is 1. The molecule has 1 aliphatic heterocycles. The van der Waals surface area contributed by atoms with Crippen molar-refractivity contribution in [2.75, 3.05) is 13.1 Å². The number of rotatable bonds is 3. The van der Waals surface area contributed by atoms with Crippen LogP contribution >= 0.6 is 0 Å². The maximum atomic E-state index is 12.7. The zero-order valence-electron chi connectivity index (χ0n) is 13.8. The zero-order valence-corrected chi connectivity index (χ0v) is 13.8. The minimum absolute atomic E-state index is 0.0202. The Balaban J connectivity index is 1.52. The highest BCUT2D eigenvalue weighted by atomic mass is 16.2. The van der Waals surface area contributed by atoms with Gasteiger partial charge in [0.25, 0.3) is 5.56 Å². The van der Waals surface area contributed by atoms with E-state index in [2.05, 4.69) is 15.2 Å². The van der Waals surface area contributed by atoms with E-state index in [1.54, 1.807) is 24.4 Å². The lowest BCUT2D eigenvalue weighted by molar-refractivity contribution is -0.133. The number of hydrogen-bond acceptors (Lipinski definition) is 4. The van der Waals surface area contributed by atoms with Crippen LogP contribution in [0.4, 0.5) is 0 Å². The van der Waals surface area contributed by atoms with E-state index >= 15 is 0 Å². The third-order valence-corrected chi connectivity index (χ3v) is 4.77. The van der Waals surface area contributed by atoms with E-state index in [0.29, 0.717) is 17.4 Å². The third-order valence-electron chi connectivity index (χ3n) is 4.77. The Kier molecular flexibility index (Phi) is 4.05. The number of likely N-dealkylation sites (tertiary alicyclic amines) is 1. The average molecular weight is 337 g/mol. The quantitative estimate of drug-likeness (QED) is 0.785. The maximum absolute atomic E-state index is 12.7. The molecule has 7 nitrogen and oxygen atoms in total. The van der Waals surface area contributed by atoms with Gasteiger partial charge in [-0.15, -0.1) is 0 Å². The second kappa shape index (κ2) is 6.51. The molecule has 0 bridgehead atoms. The first kappa shape index (κ1) is 15.6. The number of hydrogen-bond donors (Lipinski definition) is 1. The van der Waals surface area contributed by atoms with Crippen LogP contribution in [0.2, 0.25) is 0 Å². The predicted molar refractivity (Wildman–Crippen MR) is 93.1 cm³/mol. The number of benzene rings is 1. The Hall–Kier alpha value is -2.96. The maximum Gasteiger partial charge on any atom is 0.261 e. The van der Waals surface area contributed by atoms with Gasteiger partial charge in [-0.2, -0.15) is 5.10 Å². The predicted octanol–water partition coefficient (Wildman–Crippen LogP) is 1.53. The molecule has 1 fully saturated rings. The Morgan fingerprint density at radius 3 is 3.00 bits per heavy atom. The summed E-state index contributed by atoms with van der Waals surface area (Å²) in [7, 11) is 0. The number of carbonyl (C=O) groups is 1. The van der Waals surface area contributed by atoms with Crippen molar-refractivity contribution in [3.05, 3.63) is 58.9 Å². The largest absolute Gasteiger partial charge is 0.340 e. The molecule has 1 saturated heterocycles. The van der Waals surface area contributed by atoms with Gasteiger partial charge in [0.15, 0.2) is 0 Å². The minimum Gasteiger partial charge on any atom is -0.340 e. The molecule has 1 aliphatic rings. The third kappa shape index (κ3) is 3.05. The zero-order chi connectivity index (χ0) is 17.2. The van der Waals surface area contributed by atoms with Crippen LogP contribution in [0.5, 0.6) is 0 Å². The molecular weight excluding hydrogens is 318 g/mol. The Labute approximate surface area is 144 Å². The van der Waals surface area contributed by atoms with Crippen molar-refractivity contribution < 1.29 is 4.79 Å². The van der Waals surface area contributed by atoms with Crippen molar-refractivity contribution in [2.45, 2.75) is 25.3 Å². The number of para-hydroxylation sites is 1. The van der Waals surface area contributed by atoms with Crippen LogP contribution < -0.4 is 5.56 Å². The first-order valence-corrected chi connectivity index (χ1v) is 8.43. The molecule has 0 radical (unpaired) electrons. The Morgan fingerprint density at radius 2 is 2.16 bits per heavy atom. The number of H-pyrrole nitrogens is 1. The first-order valence-electron chi connectivity index (χ1n) is 8.43. The summed E-state index contributed by atoms with van der Waals surface area (Å²) in [5, 5.41) is 7.52. The van der Waals surface area contributed by atoms with Crippen molar-refractivity contribution >= 4 is 16.8 Å². The highest BCUT2D eigenvalue weighted by molar-refractivity contribution is 5.79. The minimum atomic E-state index is -0.180. The van der Waals surface area contributed by atoms with Crippen LogP contribution in [0, 0.1) is 0 Å². The van der Waals surface area contributed by atoms with Gasteiger partial charge in [-0.05, 0) is 31.0 Å². The van der Waals surface area contributed by atoms with Crippen LogP contribution in [-0.4, -0.2) is 43.6 Å². The number of nitrogens with one attached hydrogen (secondary N) is 1. The summed E-state index contributed by atoms with van der Waals surface area (Å²) in [6.45, 7) is 1.39. The second-order valence-corrected chi connectivity index (χ2v) is 6.39. The summed E-state index contributed by atoms with van der Waals surface area (Å²) in [5.74, 6) is 0.218. The van der Waals surface area contributed by atoms with Gasteiger partial charge >= 0.3 is 0 Å². The van der Waals surface area contributed by atoms with Crippen LogP contribution in [0.15, 0.2) is 47.7 Å². The SMILES string of the molecule is O=C(Cn1cnc2ccccc2c1=O)N1CCCC(c2ccn[nH]2)C1. The Morgan fingerprint density at radius 1 is 1.28 bits per heavy atom. The van der Waals surface area contributed by atoms with E-state index in [0.717, 1.165) is 25.1 Å². The molecule has 0 spiro atoms. The summed E-state index contributed by atoms with van der Waals surface area (Å²) in [5.41, 5.74) is 1.52. The number of fused-ring (bicyclic) bond motifs is 1. The van der Waals surface area contributed by atoms with Crippen molar-refractivity contribution in [1.82, 2.24) is 24.6 Å². The molecule has 25 heavy (non-hydrogen) atoms. The normalized spacial score (nSPS) is 17.8. The molecule has 1 aromatic carbocycles. The molecule has 4 rings (SSSR count). The van der Waals surface area contributed by atoms with Gasteiger partial charge < -0.3 is 4.90 Å². The molecule has 0 saturated carbocycles. The average Bonchev–Trinajstić information content (AvgIpc) is 3.19. The van der Waals surface area contributed by atoms with Crippen molar-refractivity contribution in [3.63, 3.8) is 0 Å². The van der Waals surface area contributed by atoms with Gasteiger partial charge in [-0.3, -0.25) is 19.3 Å². The molecule has 128 valence electrons. The van der Waals surface area contributed by atoms with E-state index < -0.39 is 0 Å².